The highest BCUT2D eigenvalue weighted by molar-refractivity contribution is 7.47. The van der Waals surface area contributed by atoms with Crippen molar-refractivity contribution < 1.29 is 42.7 Å². The van der Waals surface area contributed by atoms with Gasteiger partial charge in [-0.15, -0.1) is 0 Å². The molecule has 57 heavy (non-hydrogen) atoms. The van der Waals surface area contributed by atoms with Gasteiger partial charge in [0.05, 0.1) is 19.8 Å². The summed E-state index contributed by atoms with van der Waals surface area (Å²) in [6, 6.07) is -1.48. The lowest BCUT2D eigenvalue weighted by molar-refractivity contribution is -0.154. The fourth-order valence-electron chi connectivity index (χ4n) is 6.28. The molecule has 0 amide bonds. The van der Waals surface area contributed by atoms with Crippen LogP contribution in [-0.4, -0.2) is 60.5 Å². The topological polar surface area (TPSA) is 155 Å². The first-order valence-electron chi connectivity index (χ1n) is 23.0. The second-order valence-corrected chi connectivity index (χ2v) is 17.0. The van der Waals surface area contributed by atoms with Crippen LogP contribution in [0.3, 0.4) is 0 Å². The Balaban J connectivity index is 4.22. The van der Waals surface area contributed by atoms with Crippen LogP contribution in [0, 0.1) is 0 Å². The minimum atomic E-state index is -4.62. The summed E-state index contributed by atoms with van der Waals surface area (Å²) in [5.41, 5.74) is 5.36. The van der Waals surface area contributed by atoms with Gasteiger partial charge in [-0.3, -0.25) is 18.6 Å². The lowest BCUT2D eigenvalue weighted by atomic mass is 10.1. The van der Waals surface area contributed by atoms with Gasteiger partial charge in [0.25, 0.3) is 0 Å². The van der Waals surface area contributed by atoms with Gasteiger partial charge in [-0.25, -0.2) is 4.57 Å². The van der Waals surface area contributed by atoms with Crippen LogP contribution in [0.1, 0.15) is 206 Å². The molecular weight excluding hydrogens is 741 g/mol. The van der Waals surface area contributed by atoms with E-state index in [-0.39, 0.29) is 13.0 Å². The van der Waals surface area contributed by atoms with Crippen LogP contribution >= 0.6 is 7.82 Å². The number of nitrogens with two attached hydrogens (primary N) is 1. The van der Waals surface area contributed by atoms with Gasteiger partial charge in [-0.1, -0.05) is 166 Å². The Morgan fingerprint density at radius 1 is 0.561 bits per heavy atom. The number of carbonyl (C=O) groups is 2. The molecule has 0 radical (unpaired) electrons. The highest BCUT2D eigenvalue weighted by Crippen LogP contribution is 2.43. The first kappa shape index (κ1) is 55.2. The van der Waals surface area contributed by atoms with Gasteiger partial charge in [-0.05, 0) is 70.6 Å². The van der Waals surface area contributed by atoms with Gasteiger partial charge in [0.15, 0.2) is 0 Å². The molecule has 0 saturated heterocycles. The second kappa shape index (κ2) is 42.3. The van der Waals surface area contributed by atoms with Crippen LogP contribution in [0.25, 0.3) is 0 Å². The Hall–Kier alpha value is -1.81. The number of phosphoric ester groups is 1. The maximum Gasteiger partial charge on any atom is 0.472 e. The summed E-state index contributed by atoms with van der Waals surface area (Å²) in [4.78, 5) is 33.6. The maximum absolute atomic E-state index is 12.6. The SMILES string of the molecule is CCCCCC/C=C\C/C=C\CCCCCCCCCCOCC(COP(=O)(O)OCC(N)C(=O)O)OC(=O)CCCCCCC/C=C\CCCCCCCCC. The number of allylic oxidation sites excluding steroid dienone is 6. The fraction of sp³-hybridized carbons (Fsp3) is 0.826. The number of carboxylic acids is 1. The van der Waals surface area contributed by atoms with Gasteiger partial charge < -0.3 is 25.2 Å². The number of rotatable bonds is 44. The summed E-state index contributed by atoms with van der Waals surface area (Å²) in [6.07, 6.45) is 47.6. The second-order valence-electron chi connectivity index (χ2n) is 15.5. The number of hydrogen-bond donors (Lipinski definition) is 3. The van der Waals surface area contributed by atoms with Crippen LogP contribution in [-0.2, 0) is 32.7 Å². The molecule has 0 aromatic rings. The van der Waals surface area contributed by atoms with Crippen molar-refractivity contribution >= 4 is 19.8 Å². The smallest absolute Gasteiger partial charge is 0.472 e. The molecule has 334 valence electrons. The van der Waals surface area contributed by atoms with Crippen molar-refractivity contribution in [1.29, 1.82) is 0 Å². The summed E-state index contributed by atoms with van der Waals surface area (Å²) < 4.78 is 33.4. The van der Waals surface area contributed by atoms with Gasteiger partial charge in [0.1, 0.15) is 12.1 Å². The number of hydrogen-bond acceptors (Lipinski definition) is 8. The summed E-state index contributed by atoms with van der Waals surface area (Å²) in [7, 11) is -4.62. The lowest BCUT2D eigenvalue weighted by Gasteiger charge is -2.20. The number of phosphoric acid groups is 1. The largest absolute Gasteiger partial charge is 0.480 e. The molecule has 0 aliphatic rings. The van der Waals surface area contributed by atoms with Gasteiger partial charge >= 0.3 is 19.8 Å². The van der Waals surface area contributed by atoms with Crippen molar-refractivity contribution in [3.8, 4) is 0 Å². The number of aliphatic carboxylic acids is 1. The average Bonchev–Trinajstić information content (AvgIpc) is 3.19. The molecule has 0 fully saturated rings. The minimum Gasteiger partial charge on any atom is -0.480 e. The molecule has 0 spiro atoms. The molecule has 3 atom stereocenters. The number of unbranched alkanes of at least 4 members (excludes halogenated alkanes) is 24. The highest BCUT2D eigenvalue weighted by atomic mass is 31.2. The molecule has 0 aromatic carbocycles. The quantitative estimate of drug-likeness (QED) is 0.0234. The Kier molecular flexibility index (Phi) is 41.0. The molecule has 10 nitrogen and oxygen atoms in total. The summed E-state index contributed by atoms with van der Waals surface area (Å²) >= 11 is 0. The number of ether oxygens (including phenoxy) is 2. The van der Waals surface area contributed by atoms with Crippen molar-refractivity contribution in [3.05, 3.63) is 36.5 Å². The van der Waals surface area contributed by atoms with Gasteiger partial charge in [0, 0.05) is 13.0 Å². The van der Waals surface area contributed by atoms with Crippen LogP contribution in [0.15, 0.2) is 36.5 Å². The predicted molar refractivity (Wildman–Crippen MR) is 235 cm³/mol. The fourth-order valence-corrected chi connectivity index (χ4v) is 7.05. The van der Waals surface area contributed by atoms with Crippen molar-refractivity contribution in [2.24, 2.45) is 5.73 Å². The lowest BCUT2D eigenvalue weighted by Crippen LogP contribution is -2.34. The Morgan fingerprint density at radius 3 is 1.46 bits per heavy atom. The van der Waals surface area contributed by atoms with Crippen molar-refractivity contribution in [3.63, 3.8) is 0 Å². The van der Waals surface area contributed by atoms with E-state index < -0.39 is 45.1 Å². The third kappa shape index (κ3) is 42.1. The molecular formula is C46H86NO9P. The van der Waals surface area contributed by atoms with Crippen molar-refractivity contribution in [1.82, 2.24) is 0 Å². The number of carbonyl (C=O) groups excluding carboxylic acids is 1. The summed E-state index contributed by atoms with van der Waals surface area (Å²) in [5.74, 6) is -1.79. The van der Waals surface area contributed by atoms with E-state index in [2.05, 4.69) is 50.3 Å². The third-order valence-electron chi connectivity index (χ3n) is 9.89. The molecule has 4 N–H and O–H groups in total. The van der Waals surface area contributed by atoms with E-state index in [1.807, 2.05) is 0 Å². The maximum atomic E-state index is 12.6. The normalized spacial score (nSPS) is 14.2. The molecule has 11 heteroatoms. The minimum absolute atomic E-state index is 0.0106. The standard InChI is InChI=1S/C46H86NO9P/c1-3-5-7-9-11-13-15-17-19-21-22-23-25-27-29-31-33-35-37-39-53-40-43(41-54-57(51,52)55-42-44(47)46(49)50)56-45(48)38-36-34-32-30-28-26-24-20-18-16-14-12-10-8-6-4-2/h13,15,19-21,24,43-44H,3-12,14,16-18,22-23,25-42,47H2,1-2H3,(H,49,50)(H,51,52)/b15-13-,21-19-,24-20-. The molecule has 0 aromatic heterocycles. The van der Waals surface area contributed by atoms with E-state index in [9.17, 15) is 19.0 Å². The molecule has 0 saturated carbocycles. The van der Waals surface area contributed by atoms with Crippen LogP contribution < -0.4 is 5.73 Å². The Labute approximate surface area is 348 Å². The van der Waals surface area contributed by atoms with E-state index in [1.54, 1.807) is 0 Å². The monoisotopic (exact) mass is 828 g/mol. The van der Waals surface area contributed by atoms with Crippen LogP contribution in [0.2, 0.25) is 0 Å². The van der Waals surface area contributed by atoms with E-state index >= 15 is 0 Å². The number of carboxylic acid groups (broad SMARTS) is 1. The van der Waals surface area contributed by atoms with Crippen molar-refractivity contribution in [2.75, 3.05) is 26.4 Å². The van der Waals surface area contributed by atoms with Crippen molar-refractivity contribution in [2.45, 2.75) is 219 Å². The van der Waals surface area contributed by atoms with Crippen LogP contribution in [0.5, 0.6) is 0 Å². The highest BCUT2D eigenvalue weighted by Gasteiger charge is 2.27. The Bertz CT molecular complexity index is 1050. The van der Waals surface area contributed by atoms with Crippen LogP contribution in [0.4, 0.5) is 0 Å². The van der Waals surface area contributed by atoms with E-state index in [0.717, 1.165) is 64.2 Å². The zero-order chi connectivity index (χ0) is 41.9. The van der Waals surface area contributed by atoms with E-state index in [4.69, 9.17) is 29.4 Å². The molecule has 0 bridgehead atoms. The van der Waals surface area contributed by atoms with E-state index in [1.165, 1.54) is 116 Å². The van der Waals surface area contributed by atoms with Gasteiger partial charge in [0.2, 0.25) is 0 Å². The molecule has 0 heterocycles. The third-order valence-corrected chi connectivity index (χ3v) is 10.8. The zero-order valence-electron chi connectivity index (χ0n) is 36.4. The first-order valence-corrected chi connectivity index (χ1v) is 24.5. The molecule has 0 rings (SSSR count). The predicted octanol–water partition coefficient (Wildman–Crippen LogP) is 12.9. The zero-order valence-corrected chi connectivity index (χ0v) is 37.3. The van der Waals surface area contributed by atoms with Gasteiger partial charge in [-0.2, -0.15) is 0 Å². The van der Waals surface area contributed by atoms with E-state index in [0.29, 0.717) is 13.0 Å². The number of esters is 1. The Morgan fingerprint density at radius 2 is 0.965 bits per heavy atom. The molecule has 3 unspecified atom stereocenters. The average molecular weight is 828 g/mol. The summed E-state index contributed by atoms with van der Waals surface area (Å²) in [5, 5.41) is 8.90. The first-order chi connectivity index (χ1) is 27.7. The molecule has 0 aliphatic carbocycles. The summed E-state index contributed by atoms with van der Waals surface area (Å²) in [6.45, 7) is 3.85. The molecule has 0 aliphatic heterocycles.